The summed E-state index contributed by atoms with van der Waals surface area (Å²) < 4.78 is 5.38. The van der Waals surface area contributed by atoms with Crippen LogP contribution < -0.4 is 0 Å². The van der Waals surface area contributed by atoms with Gasteiger partial charge >= 0.3 is 6.09 Å². The number of benzene rings is 1. The summed E-state index contributed by atoms with van der Waals surface area (Å²) in [6.07, 6.45) is 2.40. The summed E-state index contributed by atoms with van der Waals surface area (Å²) in [6.45, 7) is 5.73. The maximum absolute atomic E-state index is 12.8. The van der Waals surface area contributed by atoms with Crippen LogP contribution in [0.4, 0.5) is 4.79 Å². The molecule has 0 saturated carbocycles. The summed E-state index contributed by atoms with van der Waals surface area (Å²) in [7, 11) is 0. The van der Waals surface area contributed by atoms with E-state index in [9.17, 15) is 14.4 Å². The number of hydrogen-bond donors (Lipinski definition) is 0. The van der Waals surface area contributed by atoms with Gasteiger partial charge in [-0.25, -0.2) is 4.79 Å². The molecule has 0 radical (unpaired) electrons. The van der Waals surface area contributed by atoms with E-state index in [1.54, 1.807) is 22.8 Å². The summed E-state index contributed by atoms with van der Waals surface area (Å²) in [5.41, 5.74) is 2.16. The molecule has 1 aromatic carbocycles. The van der Waals surface area contributed by atoms with Gasteiger partial charge in [-0.15, -0.1) is 0 Å². The number of amides is 3. The number of piperazine rings is 1. The first-order chi connectivity index (χ1) is 14.4. The number of thiocarbonyl (C=S) groups is 1. The van der Waals surface area contributed by atoms with E-state index in [4.69, 9.17) is 17.0 Å². The molecule has 2 aliphatic rings. The molecule has 0 unspecified atom stereocenters. The van der Waals surface area contributed by atoms with Gasteiger partial charge in [0.2, 0.25) is 5.91 Å². The third kappa shape index (κ3) is 5.20. The van der Waals surface area contributed by atoms with Gasteiger partial charge in [-0.05, 0) is 30.5 Å². The molecule has 0 bridgehead atoms. The second-order valence-electron chi connectivity index (χ2n) is 6.93. The van der Waals surface area contributed by atoms with Gasteiger partial charge in [0.05, 0.1) is 11.5 Å². The van der Waals surface area contributed by atoms with Crippen LogP contribution in [0, 0.1) is 0 Å². The molecule has 0 atom stereocenters. The van der Waals surface area contributed by atoms with Crippen molar-refractivity contribution in [3.05, 3.63) is 40.3 Å². The Kier molecular flexibility index (Phi) is 7.49. The SMILES string of the molecule is CCOC(=O)N1CCN(C(=O)CN2C(=O)C(=Cc3ccc(CC)cc3)SC2=S)CC1. The molecular formula is C21H25N3O4S2. The molecule has 0 aromatic heterocycles. The van der Waals surface area contributed by atoms with Crippen LogP contribution in [-0.4, -0.2) is 76.3 Å². The van der Waals surface area contributed by atoms with Crippen LogP contribution in [0.1, 0.15) is 25.0 Å². The molecule has 3 amide bonds. The molecule has 0 N–H and O–H groups in total. The number of thioether (sulfide) groups is 1. The fraction of sp³-hybridized carbons (Fsp3) is 0.429. The van der Waals surface area contributed by atoms with E-state index in [1.165, 1.54) is 22.2 Å². The van der Waals surface area contributed by atoms with Crippen molar-refractivity contribution in [1.82, 2.24) is 14.7 Å². The average molecular weight is 448 g/mol. The summed E-state index contributed by atoms with van der Waals surface area (Å²) >= 11 is 6.55. The molecule has 9 heteroatoms. The Morgan fingerprint density at radius 1 is 1.10 bits per heavy atom. The van der Waals surface area contributed by atoms with Gasteiger partial charge in [-0.3, -0.25) is 14.5 Å². The number of carbonyl (C=O) groups excluding carboxylic acids is 3. The van der Waals surface area contributed by atoms with Crippen LogP contribution in [-0.2, 0) is 20.7 Å². The number of carbonyl (C=O) groups is 3. The van der Waals surface area contributed by atoms with Gasteiger partial charge < -0.3 is 14.5 Å². The monoisotopic (exact) mass is 447 g/mol. The van der Waals surface area contributed by atoms with E-state index >= 15 is 0 Å². The molecule has 0 spiro atoms. The number of nitrogens with zero attached hydrogens (tertiary/aromatic N) is 3. The Morgan fingerprint density at radius 3 is 2.33 bits per heavy atom. The van der Waals surface area contributed by atoms with Crippen molar-refractivity contribution in [3.8, 4) is 0 Å². The van der Waals surface area contributed by atoms with E-state index < -0.39 is 0 Å². The van der Waals surface area contributed by atoms with Gasteiger partial charge in [-0.2, -0.15) is 0 Å². The molecule has 30 heavy (non-hydrogen) atoms. The largest absolute Gasteiger partial charge is 0.450 e. The number of aryl methyl sites for hydroxylation is 1. The smallest absolute Gasteiger partial charge is 0.409 e. The van der Waals surface area contributed by atoms with Crippen LogP contribution in [0.25, 0.3) is 6.08 Å². The van der Waals surface area contributed by atoms with Crippen molar-refractivity contribution >= 4 is 52.3 Å². The van der Waals surface area contributed by atoms with E-state index in [0.29, 0.717) is 42.0 Å². The van der Waals surface area contributed by atoms with Crippen molar-refractivity contribution in [2.45, 2.75) is 20.3 Å². The number of rotatable bonds is 5. The zero-order chi connectivity index (χ0) is 21.7. The minimum absolute atomic E-state index is 0.0871. The van der Waals surface area contributed by atoms with Gasteiger partial charge in [0, 0.05) is 26.2 Å². The highest BCUT2D eigenvalue weighted by molar-refractivity contribution is 8.26. The van der Waals surface area contributed by atoms with Gasteiger partial charge in [0.1, 0.15) is 10.9 Å². The molecule has 1 aromatic rings. The maximum Gasteiger partial charge on any atom is 0.409 e. The molecule has 0 aliphatic carbocycles. The van der Waals surface area contributed by atoms with Gasteiger partial charge in [0.25, 0.3) is 5.91 Å². The predicted octanol–water partition coefficient (Wildman–Crippen LogP) is 2.75. The summed E-state index contributed by atoms with van der Waals surface area (Å²) in [4.78, 5) is 42.4. The van der Waals surface area contributed by atoms with Gasteiger partial charge in [0.15, 0.2) is 0 Å². The van der Waals surface area contributed by atoms with E-state index in [1.807, 2.05) is 24.3 Å². The van der Waals surface area contributed by atoms with Crippen molar-refractivity contribution in [1.29, 1.82) is 0 Å². The lowest BCUT2D eigenvalue weighted by Crippen LogP contribution is -2.53. The molecule has 2 saturated heterocycles. The first-order valence-corrected chi connectivity index (χ1v) is 11.2. The lowest BCUT2D eigenvalue weighted by molar-refractivity contribution is -0.136. The van der Waals surface area contributed by atoms with Crippen molar-refractivity contribution in [2.75, 3.05) is 39.3 Å². The van der Waals surface area contributed by atoms with Crippen LogP contribution in [0.15, 0.2) is 29.2 Å². The van der Waals surface area contributed by atoms with Crippen LogP contribution in [0.5, 0.6) is 0 Å². The molecule has 160 valence electrons. The fourth-order valence-electron chi connectivity index (χ4n) is 3.23. The maximum atomic E-state index is 12.8. The highest BCUT2D eigenvalue weighted by Crippen LogP contribution is 2.32. The normalized spacial score (nSPS) is 18.3. The van der Waals surface area contributed by atoms with Crippen LogP contribution >= 0.6 is 24.0 Å². The minimum Gasteiger partial charge on any atom is -0.450 e. The third-order valence-electron chi connectivity index (χ3n) is 5.01. The van der Waals surface area contributed by atoms with E-state index in [-0.39, 0.29) is 24.5 Å². The Morgan fingerprint density at radius 2 is 1.73 bits per heavy atom. The Hall–Kier alpha value is -2.39. The Balaban J connectivity index is 1.58. The zero-order valence-corrected chi connectivity index (χ0v) is 18.8. The Labute approximate surface area is 186 Å². The summed E-state index contributed by atoms with van der Waals surface area (Å²) in [5.74, 6) is -0.425. The zero-order valence-electron chi connectivity index (χ0n) is 17.1. The standard InChI is InChI=1S/C21H25N3O4S2/c1-3-15-5-7-16(8-6-15)13-17-19(26)24(21(29)30-17)14-18(25)22-9-11-23(12-10-22)20(27)28-4-2/h5-8,13H,3-4,9-12,14H2,1-2H3. The third-order valence-corrected chi connectivity index (χ3v) is 6.39. The van der Waals surface area contributed by atoms with Crippen molar-refractivity contribution in [3.63, 3.8) is 0 Å². The second kappa shape index (κ2) is 10.1. The van der Waals surface area contributed by atoms with Crippen LogP contribution in [0.3, 0.4) is 0 Å². The molecular weight excluding hydrogens is 422 g/mol. The van der Waals surface area contributed by atoms with Crippen LogP contribution in [0.2, 0.25) is 0 Å². The quantitative estimate of drug-likeness (QED) is 0.511. The average Bonchev–Trinajstić information content (AvgIpc) is 3.02. The molecule has 2 heterocycles. The fourth-order valence-corrected chi connectivity index (χ4v) is 4.48. The second-order valence-corrected chi connectivity index (χ2v) is 8.61. The lowest BCUT2D eigenvalue weighted by atomic mass is 10.1. The first-order valence-electron chi connectivity index (χ1n) is 9.96. The van der Waals surface area contributed by atoms with E-state index in [2.05, 4.69) is 6.92 Å². The number of hydrogen-bond acceptors (Lipinski definition) is 6. The highest BCUT2D eigenvalue weighted by atomic mass is 32.2. The Bertz CT molecular complexity index is 862. The topological polar surface area (TPSA) is 70.2 Å². The van der Waals surface area contributed by atoms with Gasteiger partial charge in [-0.1, -0.05) is 55.2 Å². The molecule has 7 nitrogen and oxygen atoms in total. The van der Waals surface area contributed by atoms with Crippen molar-refractivity contribution < 1.29 is 19.1 Å². The minimum atomic E-state index is -0.362. The summed E-state index contributed by atoms with van der Waals surface area (Å²) in [6, 6.07) is 8.01. The first kappa shape index (κ1) is 22.3. The summed E-state index contributed by atoms with van der Waals surface area (Å²) in [5, 5.41) is 0. The molecule has 2 aliphatic heterocycles. The lowest BCUT2D eigenvalue weighted by Gasteiger charge is -2.34. The predicted molar refractivity (Wildman–Crippen MR) is 121 cm³/mol. The highest BCUT2D eigenvalue weighted by Gasteiger charge is 2.35. The van der Waals surface area contributed by atoms with E-state index in [0.717, 1.165) is 12.0 Å². The van der Waals surface area contributed by atoms with Crippen molar-refractivity contribution in [2.24, 2.45) is 0 Å². The number of ether oxygens (including phenoxy) is 1. The molecule has 3 rings (SSSR count). The molecule has 2 fully saturated rings.